The molecule has 0 spiro atoms. The van der Waals surface area contributed by atoms with E-state index >= 15 is 0 Å². The van der Waals surface area contributed by atoms with Crippen molar-refractivity contribution in [1.82, 2.24) is 14.8 Å². The second-order valence-electron chi connectivity index (χ2n) is 6.48. The first-order chi connectivity index (χ1) is 10.8. The highest BCUT2D eigenvalue weighted by Gasteiger charge is 2.17. The van der Waals surface area contributed by atoms with Crippen molar-refractivity contribution in [3.8, 4) is 11.4 Å². The van der Waals surface area contributed by atoms with Gasteiger partial charge in [0.1, 0.15) is 6.73 Å². The highest BCUT2D eigenvalue weighted by molar-refractivity contribution is 9.10. The molecule has 2 N–H and O–H groups in total. The molecule has 1 heterocycles. The predicted molar refractivity (Wildman–Crippen MR) is 95.8 cm³/mol. The van der Waals surface area contributed by atoms with E-state index in [0.29, 0.717) is 12.4 Å². The van der Waals surface area contributed by atoms with Crippen LogP contribution in [0, 0.1) is 0 Å². The number of hydrogen-bond donors (Lipinski definition) is 1. The zero-order valence-electron chi connectivity index (χ0n) is 13.5. The minimum atomic E-state index is -1.14. The first-order valence-electron chi connectivity index (χ1n) is 7.34. The SMILES string of the molecule is C[Si](C)(C)CCOCn1nc(C(N)=O)nc1-c1cccc(Br)c1. The molecule has 0 bridgehead atoms. The van der Waals surface area contributed by atoms with Gasteiger partial charge in [-0.2, -0.15) is 0 Å². The summed E-state index contributed by atoms with van der Waals surface area (Å²) in [6.07, 6.45) is 0. The highest BCUT2D eigenvalue weighted by Crippen LogP contribution is 2.22. The van der Waals surface area contributed by atoms with E-state index in [2.05, 4.69) is 45.7 Å². The van der Waals surface area contributed by atoms with Gasteiger partial charge >= 0.3 is 0 Å². The Morgan fingerprint density at radius 3 is 2.74 bits per heavy atom. The molecule has 0 aliphatic heterocycles. The highest BCUT2D eigenvalue weighted by atomic mass is 79.9. The first kappa shape index (κ1) is 17.8. The second-order valence-corrected chi connectivity index (χ2v) is 13.0. The predicted octanol–water partition coefficient (Wildman–Crippen LogP) is 3.12. The Balaban J connectivity index is 2.19. The zero-order valence-corrected chi connectivity index (χ0v) is 16.1. The number of ether oxygens (including phenoxy) is 1. The molecular formula is C15H21BrN4O2Si. The normalized spacial score (nSPS) is 11.7. The van der Waals surface area contributed by atoms with Crippen LogP contribution in [0.1, 0.15) is 10.6 Å². The monoisotopic (exact) mass is 396 g/mol. The van der Waals surface area contributed by atoms with Crippen LogP contribution in [0.15, 0.2) is 28.7 Å². The fourth-order valence-electron chi connectivity index (χ4n) is 1.91. The Bertz CT molecular complexity index is 697. The van der Waals surface area contributed by atoms with Gasteiger partial charge in [0.2, 0.25) is 5.82 Å². The maximum Gasteiger partial charge on any atom is 0.288 e. The summed E-state index contributed by atoms with van der Waals surface area (Å²) >= 11 is 3.43. The molecule has 2 rings (SSSR count). The van der Waals surface area contributed by atoms with Crippen LogP contribution in [0.25, 0.3) is 11.4 Å². The van der Waals surface area contributed by atoms with Crippen LogP contribution in [0.5, 0.6) is 0 Å². The van der Waals surface area contributed by atoms with Crippen molar-refractivity contribution in [2.75, 3.05) is 6.61 Å². The van der Waals surface area contributed by atoms with Gasteiger partial charge in [0, 0.05) is 24.7 Å². The number of nitrogens with zero attached hydrogens (tertiary/aromatic N) is 3. The maximum absolute atomic E-state index is 11.4. The average Bonchev–Trinajstić information content (AvgIpc) is 2.87. The van der Waals surface area contributed by atoms with Gasteiger partial charge in [-0.15, -0.1) is 5.10 Å². The van der Waals surface area contributed by atoms with Crippen molar-refractivity contribution in [2.45, 2.75) is 32.4 Å². The molecule has 0 fully saturated rings. The zero-order chi connectivity index (χ0) is 17.0. The molecule has 2 aromatic rings. The van der Waals surface area contributed by atoms with Crippen LogP contribution in [0.2, 0.25) is 25.7 Å². The maximum atomic E-state index is 11.4. The van der Waals surface area contributed by atoms with Gasteiger partial charge in [-0.3, -0.25) is 4.79 Å². The Hall–Kier alpha value is -1.51. The minimum absolute atomic E-state index is 0.00577. The Morgan fingerprint density at radius 2 is 2.13 bits per heavy atom. The van der Waals surface area contributed by atoms with Crippen molar-refractivity contribution in [3.63, 3.8) is 0 Å². The number of benzene rings is 1. The van der Waals surface area contributed by atoms with Crippen molar-refractivity contribution in [1.29, 1.82) is 0 Å². The first-order valence-corrected chi connectivity index (χ1v) is 11.8. The molecule has 1 aromatic heterocycles. The summed E-state index contributed by atoms with van der Waals surface area (Å²) in [6, 6.07) is 8.69. The van der Waals surface area contributed by atoms with Crippen molar-refractivity contribution in [3.05, 3.63) is 34.6 Å². The van der Waals surface area contributed by atoms with Gasteiger partial charge < -0.3 is 10.5 Å². The fraction of sp³-hybridized carbons (Fsp3) is 0.400. The van der Waals surface area contributed by atoms with E-state index in [1.807, 2.05) is 24.3 Å². The lowest BCUT2D eigenvalue weighted by Gasteiger charge is -2.15. The summed E-state index contributed by atoms with van der Waals surface area (Å²) in [7, 11) is -1.14. The van der Waals surface area contributed by atoms with E-state index in [9.17, 15) is 4.79 Å². The summed E-state index contributed by atoms with van der Waals surface area (Å²) in [6.45, 7) is 7.80. The molecule has 0 aliphatic rings. The summed E-state index contributed by atoms with van der Waals surface area (Å²) in [5.41, 5.74) is 6.13. The van der Waals surface area contributed by atoms with E-state index in [0.717, 1.165) is 16.1 Å². The van der Waals surface area contributed by atoms with Crippen LogP contribution >= 0.6 is 15.9 Å². The minimum Gasteiger partial charge on any atom is -0.363 e. The third-order valence-electron chi connectivity index (χ3n) is 3.18. The molecule has 0 saturated heterocycles. The topological polar surface area (TPSA) is 83.0 Å². The summed E-state index contributed by atoms with van der Waals surface area (Å²) < 4.78 is 8.21. The summed E-state index contributed by atoms with van der Waals surface area (Å²) in [5, 5.41) is 4.15. The largest absolute Gasteiger partial charge is 0.363 e. The number of rotatable bonds is 7. The summed E-state index contributed by atoms with van der Waals surface area (Å²) in [5.74, 6) is -0.0935. The fourth-order valence-corrected chi connectivity index (χ4v) is 3.06. The lowest BCUT2D eigenvalue weighted by Crippen LogP contribution is -2.22. The number of halogens is 1. The molecule has 0 unspecified atom stereocenters. The number of nitrogens with two attached hydrogens (primary N) is 1. The Morgan fingerprint density at radius 1 is 1.39 bits per heavy atom. The van der Waals surface area contributed by atoms with Gasteiger partial charge in [-0.05, 0) is 18.2 Å². The van der Waals surface area contributed by atoms with Gasteiger partial charge in [-0.25, -0.2) is 9.67 Å². The standard InChI is InChI=1S/C15H21BrN4O2Si/c1-23(2,3)8-7-22-10-20-15(18-14(19-20)13(17)21)11-5-4-6-12(16)9-11/h4-6,9H,7-8,10H2,1-3H3,(H2,17,21). The van der Waals surface area contributed by atoms with E-state index in [1.54, 1.807) is 4.68 Å². The van der Waals surface area contributed by atoms with Crippen LogP contribution in [-0.2, 0) is 11.5 Å². The van der Waals surface area contributed by atoms with Crippen LogP contribution in [-0.4, -0.2) is 35.4 Å². The lowest BCUT2D eigenvalue weighted by atomic mass is 10.2. The molecule has 6 nitrogen and oxygen atoms in total. The third kappa shape index (κ3) is 5.26. The van der Waals surface area contributed by atoms with Gasteiger partial charge in [0.15, 0.2) is 5.82 Å². The molecule has 23 heavy (non-hydrogen) atoms. The van der Waals surface area contributed by atoms with Crippen LogP contribution in [0.4, 0.5) is 0 Å². The number of hydrogen-bond acceptors (Lipinski definition) is 4. The van der Waals surface area contributed by atoms with E-state index in [-0.39, 0.29) is 12.6 Å². The molecule has 0 aliphatic carbocycles. The Kier molecular flexibility index (Phi) is 5.72. The van der Waals surface area contributed by atoms with Crippen molar-refractivity contribution < 1.29 is 9.53 Å². The van der Waals surface area contributed by atoms with Crippen molar-refractivity contribution in [2.24, 2.45) is 5.73 Å². The number of amides is 1. The molecular weight excluding hydrogens is 376 g/mol. The van der Waals surface area contributed by atoms with E-state index in [4.69, 9.17) is 10.5 Å². The van der Waals surface area contributed by atoms with E-state index in [1.165, 1.54) is 0 Å². The quantitative estimate of drug-likeness (QED) is 0.575. The van der Waals surface area contributed by atoms with Crippen LogP contribution < -0.4 is 5.73 Å². The number of carbonyl (C=O) groups excluding carboxylic acids is 1. The van der Waals surface area contributed by atoms with Gasteiger partial charge in [0.05, 0.1) is 0 Å². The lowest BCUT2D eigenvalue weighted by molar-refractivity contribution is 0.0789. The number of primary amides is 1. The third-order valence-corrected chi connectivity index (χ3v) is 5.38. The molecule has 124 valence electrons. The Labute approximate surface area is 145 Å². The average molecular weight is 397 g/mol. The smallest absolute Gasteiger partial charge is 0.288 e. The number of aromatic nitrogens is 3. The molecule has 8 heteroatoms. The molecule has 0 radical (unpaired) electrons. The summed E-state index contributed by atoms with van der Waals surface area (Å²) in [4.78, 5) is 15.6. The van der Waals surface area contributed by atoms with E-state index < -0.39 is 14.0 Å². The van der Waals surface area contributed by atoms with Gasteiger partial charge in [-0.1, -0.05) is 47.7 Å². The van der Waals surface area contributed by atoms with Gasteiger partial charge in [0.25, 0.3) is 5.91 Å². The molecule has 1 amide bonds. The second kappa shape index (κ2) is 7.37. The molecule has 0 atom stereocenters. The number of carbonyl (C=O) groups is 1. The van der Waals surface area contributed by atoms with Crippen molar-refractivity contribution >= 4 is 29.9 Å². The van der Waals surface area contributed by atoms with Crippen LogP contribution in [0.3, 0.4) is 0 Å². The molecule has 0 saturated carbocycles. The molecule has 1 aromatic carbocycles.